The van der Waals surface area contributed by atoms with E-state index in [2.05, 4.69) is 19.9 Å². The molecular formula is C26H46O3. The minimum atomic E-state index is 0.0468. The molecule has 168 valence electrons. The van der Waals surface area contributed by atoms with Gasteiger partial charge in [-0.05, 0) is 38.2 Å². The first-order chi connectivity index (χ1) is 13.7. The Morgan fingerprint density at radius 3 is 1.83 bits per heavy atom. The molecule has 0 aliphatic rings. The van der Waals surface area contributed by atoms with E-state index in [4.69, 9.17) is 0 Å². The Morgan fingerprint density at radius 2 is 1.41 bits per heavy atom. The molecule has 3 nitrogen and oxygen atoms in total. The van der Waals surface area contributed by atoms with E-state index in [1.165, 1.54) is 5.56 Å². The van der Waals surface area contributed by atoms with E-state index in [9.17, 15) is 14.4 Å². The summed E-state index contributed by atoms with van der Waals surface area (Å²) in [5.41, 5.74) is 2.07. The Kier molecular flexibility index (Phi) is 23.1. The molecule has 2 atom stereocenters. The molecule has 0 heterocycles. The fraction of sp³-hybridized carbons (Fsp3) is 0.654. The van der Waals surface area contributed by atoms with Crippen LogP contribution in [0, 0.1) is 11.8 Å². The van der Waals surface area contributed by atoms with Crippen molar-refractivity contribution in [3.8, 4) is 0 Å². The van der Waals surface area contributed by atoms with Crippen molar-refractivity contribution in [2.45, 2.75) is 101 Å². The zero-order valence-electron chi connectivity index (χ0n) is 20.7. The Hall–Kier alpha value is -1.77. The largest absolute Gasteiger partial charge is 0.300 e. The molecule has 0 fully saturated rings. The molecule has 0 saturated carbocycles. The summed E-state index contributed by atoms with van der Waals surface area (Å²) in [6.45, 7) is 19.3. The van der Waals surface area contributed by atoms with Gasteiger partial charge in [0.15, 0.2) is 5.78 Å². The highest BCUT2D eigenvalue weighted by Crippen LogP contribution is 2.16. The molecule has 0 N–H and O–H groups in total. The highest BCUT2D eigenvalue weighted by Gasteiger charge is 2.09. The summed E-state index contributed by atoms with van der Waals surface area (Å²) in [4.78, 5) is 32.9. The summed E-state index contributed by atoms with van der Waals surface area (Å²) in [5, 5.41) is 0. The van der Waals surface area contributed by atoms with Crippen LogP contribution in [0.5, 0.6) is 0 Å². The second kappa shape index (κ2) is 21.0. The highest BCUT2D eigenvalue weighted by atomic mass is 16.1. The summed E-state index contributed by atoms with van der Waals surface area (Å²) < 4.78 is 0. The number of rotatable bonds is 9. The number of carbonyl (C=O) groups is 3. The lowest BCUT2D eigenvalue weighted by Crippen LogP contribution is -2.08. The molecule has 0 spiro atoms. The Balaban J connectivity index is -0.000000406. The maximum absolute atomic E-state index is 11.3. The first-order valence-electron chi connectivity index (χ1n) is 11.3. The lowest BCUT2D eigenvalue weighted by Gasteiger charge is -2.11. The lowest BCUT2D eigenvalue weighted by atomic mass is 9.94. The van der Waals surface area contributed by atoms with Gasteiger partial charge in [0.25, 0.3) is 0 Å². The topological polar surface area (TPSA) is 51.2 Å². The summed E-state index contributed by atoms with van der Waals surface area (Å²) in [7, 11) is 0. The third-order valence-electron chi connectivity index (χ3n) is 4.61. The number of Topliss-reactive ketones (excluding diaryl/α,β-unsaturated/α-hetero) is 3. The second-order valence-electron chi connectivity index (χ2n) is 6.87. The van der Waals surface area contributed by atoms with Crippen molar-refractivity contribution in [1.29, 1.82) is 0 Å². The van der Waals surface area contributed by atoms with Crippen molar-refractivity contribution in [2.75, 3.05) is 0 Å². The monoisotopic (exact) mass is 406 g/mol. The van der Waals surface area contributed by atoms with Crippen LogP contribution in [0.25, 0.3) is 0 Å². The predicted octanol–water partition coefficient (Wildman–Crippen LogP) is 7.50. The van der Waals surface area contributed by atoms with Gasteiger partial charge in [0.05, 0.1) is 0 Å². The highest BCUT2D eigenvalue weighted by molar-refractivity contribution is 5.95. The molecule has 1 rings (SSSR count). The van der Waals surface area contributed by atoms with Crippen LogP contribution < -0.4 is 0 Å². The van der Waals surface area contributed by atoms with Gasteiger partial charge in [0.2, 0.25) is 0 Å². The van der Waals surface area contributed by atoms with E-state index in [-0.39, 0.29) is 23.3 Å². The SMILES string of the molecule is CC.CC.CCC(=O)CCC(C)C(C)=O.CC[C@@H](C)Cc1ccccc1C(C)=O. The zero-order valence-corrected chi connectivity index (χ0v) is 20.7. The fourth-order valence-corrected chi connectivity index (χ4v) is 2.32. The number of benzene rings is 1. The molecule has 1 unspecified atom stereocenters. The number of carbonyl (C=O) groups excluding carboxylic acids is 3. The Labute approximate surface area is 180 Å². The Morgan fingerprint density at radius 1 is 0.897 bits per heavy atom. The van der Waals surface area contributed by atoms with Gasteiger partial charge in [-0.25, -0.2) is 0 Å². The average Bonchev–Trinajstić information content (AvgIpc) is 2.75. The first-order valence-corrected chi connectivity index (χ1v) is 11.3. The van der Waals surface area contributed by atoms with Gasteiger partial charge >= 0.3 is 0 Å². The standard InChI is InChI=1S/C13H18O.C9H16O2.2C2H6/c1-4-10(2)9-12-7-5-6-8-13(12)11(3)14;1-4-9(11)6-5-7(2)8(3)10;2*1-2/h5-8,10H,4,9H2,1-3H3;7H,4-6H2,1-3H3;2*1-2H3/t10-;;;/m1.../s1. The quantitative estimate of drug-likeness (QED) is 0.399. The van der Waals surface area contributed by atoms with Gasteiger partial charge in [0.1, 0.15) is 11.6 Å². The molecule has 0 aromatic heterocycles. The molecule has 0 amide bonds. The number of ketones is 3. The molecule has 29 heavy (non-hydrogen) atoms. The summed E-state index contributed by atoms with van der Waals surface area (Å²) in [5.74, 6) is 1.29. The molecule has 0 saturated heterocycles. The van der Waals surface area contributed by atoms with Crippen molar-refractivity contribution >= 4 is 17.3 Å². The van der Waals surface area contributed by atoms with Gasteiger partial charge < -0.3 is 0 Å². The van der Waals surface area contributed by atoms with Gasteiger partial charge in [0, 0.05) is 24.3 Å². The lowest BCUT2D eigenvalue weighted by molar-refractivity contribution is -0.121. The van der Waals surface area contributed by atoms with E-state index >= 15 is 0 Å². The minimum absolute atomic E-state index is 0.0468. The van der Waals surface area contributed by atoms with E-state index in [0.29, 0.717) is 25.2 Å². The van der Waals surface area contributed by atoms with Gasteiger partial charge in [-0.15, -0.1) is 0 Å². The smallest absolute Gasteiger partial charge is 0.160 e. The van der Waals surface area contributed by atoms with Crippen molar-refractivity contribution in [3.63, 3.8) is 0 Å². The minimum Gasteiger partial charge on any atom is -0.300 e. The first kappa shape index (κ1) is 31.9. The maximum atomic E-state index is 11.3. The number of hydrogen-bond donors (Lipinski definition) is 0. The predicted molar refractivity (Wildman–Crippen MR) is 127 cm³/mol. The van der Waals surface area contributed by atoms with E-state index < -0.39 is 0 Å². The fourth-order valence-electron chi connectivity index (χ4n) is 2.32. The van der Waals surface area contributed by atoms with E-state index in [1.807, 2.05) is 59.7 Å². The third-order valence-corrected chi connectivity index (χ3v) is 4.61. The van der Waals surface area contributed by atoms with Crippen LogP contribution in [0.2, 0.25) is 0 Å². The summed E-state index contributed by atoms with van der Waals surface area (Å²) in [6, 6.07) is 7.91. The van der Waals surface area contributed by atoms with Crippen LogP contribution in [0.4, 0.5) is 0 Å². The molecule has 1 aromatic carbocycles. The Bertz CT molecular complexity index is 561. The van der Waals surface area contributed by atoms with Crippen molar-refractivity contribution < 1.29 is 14.4 Å². The second-order valence-corrected chi connectivity index (χ2v) is 6.87. The van der Waals surface area contributed by atoms with Crippen LogP contribution in [0.3, 0.4) is 0 Å². The number of hydrogen-bond acceptors (Lipinski definition) is 3. The molecule has 0 bridgehead atoms. The van der Waals surface area contributed by atoms with Crippen molar-refractivity contribution in [1.82, 2.24) is 0 Å². The molecule has 0 radical (unpaired) electrons. The normalized spacial score (nSPS) is 11.2. The van der Waals surface area contributed by atoms with Crippen molar-refractivity contribution in [3.05, 3.63) is 35.4 Å². The van der Waals surface area contributed by atoms with Gasteiger partial charge in [-0.3, -0.25) is 14.4 Å². The van der Waals surface area contributed by atoms with Gasteiger partial charge in [-0.1, -0.05) is 86.1 Å². The van der Waals surface area contributed by atoms with E-state index in [1.54, 1.807) is 13.8 Å². The molecule has 3 heteroatoms. The zero-order chi connectivity index (χ0) is 23.4. The molecule has 1 aromatic rings. The van der Waals surface area contributed by atoms with Crippen LogP contribution in [-0.2, 0) is 16.0 Å². The van der Waals surface area contributed by atoms with Crippen LogP contribution >= 0.6 is 0 Å². The molecule has 0 aliphatic heterocycles. The van der Waals surface area contributed by atoms with Crippen LogP contribution in [0.15, 0.2) is 24.3 Å². The third kappa shape index (κ3) is 16.9. The van der Waals surface area contributed by atoms with Crippen LogP contribution in [-0.4, -0.2) is 17.3 Å². The van der Waals surface area contributed by atoms with Gasteiger partial charge in [-0.2, -0.15) is 0 Å². The summed E-state index contributed by atoms with van der Waals surface area (Å²) in [6.07, 6.45) is 4.02. The molecular weight excluding hydrogens is 360 g/mol. The van der Waals surface area contributed by atoms with E-state index in [0.717, 1.165) is 18.4 Å². The maximum Gasteiger partial charge on any atom is 0.160 e. The molecule has 0 aliphatic carbocycles. The van der Waals surface area contributed by atoms with Crippen LogP contribution in [0.1, 0.15) is 111 Å². The van der Waals surface area contributed by atoms with Crippen molar-refractivity contribution in [2.24, 2.45) is 11.8 Å². The summed E-state index contributed by atoms with van der Waals surface area (Å²) >= 11 is 0. The average molecular weight is 407 g/mol.